The first kappa shape index (κ1) is 15.2. The molecule has 1 N–H and O–H groups in total. The number of nitrogens with zero attached hydrogens (tertiary/aromatic N) is 1. The van der Waals surface area contributed by atoms with Crippen LogP contribution in [-0.2, 0) is 15.7 Å². The summed E-state index contributed by atoms with van der Waals surface area (Å²) in [5.41, 5.74) is -0.849. The number of anilines is 1. The molecule has 1 fully saturated rings. The Hall–Kier alpha value is -2.23. The zero-order valence-electron chi connectivity index (χ0n) is 11.2. The van der Waals surface area contributed by atoms with Gasteiger partial charge in [-0.05, 0) is 37.0 Å². The minimum Gasteiger partial charge on any atom is -0.467 e. The number of methoxy groups -OCH3 is 1. The second-order valence-corrected chi connectivity index (χ2v) is 4.85. The highest BCUT2D eigenvalue weighted by Gasteiger charge is 2.37. The van der Waals surface area contributed by atoms with Gasteiger partial charge >= 0.3 is 12.1 Å². The van der Waals surface area contributed by atoms with Gasteiger partial charge in [-0.2, -0.15) is 18.4 Å². The number of hydrogen-bond acceptors (Lipinski definition) is 4. The van der Waals surface area contributed by atoms with Crippen molar-refractivity contribution in [3.8, 4) is 6.07 Å². The van der Waals surface area contributed by atoms with Crippen LogP contribution in [0.2, 0.25) is 0 Å². The first-order chi connectivity index (χ1) is 9.86. The van der Waals surface area contributed by atoms with Crippen molar-refractivity contribution in [1.29, 1.82) is 5.26 Å². The second-order valence-electron chi connectivity index (χ2n) is 4.85. The maximum atomic E-state index is 12.6. The molecule has 2 rings (SSSR count). The molecule has 1 saturated carbocycles. The number of rotatable bonds is 4. The summed E-state index contributed by atoms with van der Waals surface area (Å²) in [6.45, 7) is 0. The maximum Gasteiger partial charge on any atom is 0.416 e. The fourth-order valence-electron chi connectivity index (χ4n) is 2.03. The molecular formula is C14H13F3N2O2. The molecule has 1 aliphatic rings. The lowest BCUT2D eigenvalue weighted by Crippen LogP contribution is -2.33. The summed E-state index contributed by atoms with van der Waals surface area (Å²) in [4.78, 5) is 11.7. The third-order valence-electron chi connectivity index (χ3n) is 3.33. The molecule has 1 unspecified atom stereocenters. The van der Waals surface area contributed by atoms with Crippen LogP contribution < -0.4 is 5.32 Å². The van der Waals surface area contributed by atoms with Gasteiger partial charge in [0.25, 0.3) is 0 Å². The highest BCUT2D eigenvalue weighted by Crippen LogP contribution is 2.36. The van der Waals surface area contributed by atoms with Crippen LogP contribution in [0.4, 0.5) is 18.9 Å². The van der Waals surface area contributed by atoms with Crippen molar-refractivity contribution < 1.29 is 22.7 Å². The SMILES string of the molecule is COC(=O)C(Nc1ccc(C(F)(F)F)cc1C#N)C1CC1. The average molecular weight is 298 g/mol. The Morgan fingerprint density at radius 3 is 2.62 bits per heavy atom. The molecule has 0 spiro atoms. The summed E-state index contributed by atoms with van der Waals surface area (Å²) in [5.74, 6) is -0.396. The normalized spacial score (nSPS) is 16.0. The molecule has 1 aromatic carbocycles. The van der Waals surface area contributed by atoms with E-state index in [0.29, 0.717) is 0 Å². The van der Waals surface area contributed by atoms with E-state index >= 15 is 0 Å². The summed E-state index contributed by atoms with van der Waals surface area (Å²) in [7, 11) is 1.25. The molecule has 0 aromatic heterocycles. The van der Waals surface area contributed by atoms with Gasteiger partial charge in [-0.25, -0.2) is 4.79 Å². The van der Waals surface area contributed by atoms with Crippen LogP contribution in [0, 0.1) is 17.2 Å². The lowest BCUT2D eigenvalue weighted by atomic mass is 10.1. The third-order valence-corrected chi connectivity index (χ3v) is 3.33. The van der Waals surface area contributed by atoms with Crippen LogP contribution in [0.3, 0.4) is 0 Å². The molecule has 1 atom stereocenters. The standard InChI is InChI=1S/C14H13F3N2O2/c1-21-13(20)12(8-2-3-8)19-11-5-4-10(14(15,16)17)6-9(11)7-18/h4-6,8,12,19H,2-3H2,1H3. The smallest absolute Gasteiger partial charge is 0.416 e. The highest BCUT2D eigenvalue weighted by atomic mass is 19.4. The molecule has 0 heterocycles. The molecule has 1 aliphatic carbocycles. The lowest BCUT2D eigenvalue weighted by Gasteiger charge is -2.18. The Labute approximate surface area is 119 Å². The van der Waals surface area contributed by atoms with Crippen molar-refractivity contribution in [2.24, 2.45) is 5.92 Å². The van der Waals surface area contributed by atoms with E-state index in [1.54, 1.807) is 6.07 Å². The van der Waals surface area contributed by atoms with Gasteiger partial charge in [0.2, 0.25) is 0 Å². The van der Waals surface area contributed by atoms with Gasteiger partial charge in [0.15, 0.2) is 0 Å². The van der Waals surface area contributed by atoms with Gasteiger partial charge in [0.1, 0.15) is 12.1 Å². The molecule has 0 amide bonds. The predicted octanol–water partition coefficient (Wildman–Crippen LogP) is 2.94. The molecule has 112 valence electrons. The average Bonchev–Trinajstić information content (AvgIpc) is 3.27. The zero-order valence-corrected chi connectivity index (χ0v) is 11.2. The summed E-state index contributed by atoms with van der Waals surface area (Å²) in [5, 5.41) is 11.8. The van der Waals surface area contributed by atoms with E-state index in [2.05, 4.69) is 10.1 Å². The van der Waals surface area contributed by atoms with Crippen molar-refractivity contribution in [2.45, 2.75) is 25.1 Å². The van der Waals surface area contributed by atoms with Gasteiger partial charge in [-0.15, -0.1) is 0 Å². The number of alkyl halides is 3. The van der Waals surface area contributed by atoms with E-state index in [9.17, 15) is 18.0 Å². The van der Waals surface area contributed by atoms with Crippen LogP contribution in [-0.4, -0.2) is 19.1 Å². The molecule has 0 bridgehead atoms. The minimum absolute atomic E-state index is 0.0892. The quantitative estimate of drug-likeness (QED) is 0.868. The summed E-state index contributed by atoms with van der Waals surface area (Å²) in [6, 6.07) is 3.89. The highest BCUT2D eigenvalue weighted by molar-refractivity contribution is 5.81. The number of esters is 1. The van der Waals surface area contributed by atoms with Crippen LogP contribution in [0.1, 0.15) is 24.0 Å². The van der Waals surface area contributed by atoms with Gasteiger partial charge in [0.05, 0.1) is 23.9 Å². The number of nitriles is 1. The molecule has 7 heteroatoms. The molecule has 0 saturated heterocycles. The van der Waals surface area contributed by atoms with Crippen molar-refractivity contribution in [3.05, 3.63) is 29.3 Å². The van der Waals surface area contributed by atoms with Crippen LogP contribution in [0.25, 0.3) is 0 Å². The van der Waals surface area contributed by atoms with E-state index in [1.807, 2.05) is 0 Å². The van der Waals surface area contributed by atoms with E-state index in [-0.39, 0.29) is 17.2 Å². The number of nitrogens with one attached hydrogen (secondary N) is 1. The number of carbonyl (C=O) groups is 1. The summed E-state index contributed by atoms with van der Waals surface area (Å²) < 4.78 is 42.5. The van der Waals surface area contributed by atoms with Crippen LogP contribution in [0.15, 0.2) is 18.2 Å². The van der Waals surface area contributed by atoms with E-state index in [4.69, 9.17) is 5.26 Å². The van der Waals surface area contributed by atoms with Gasteiger partial charge in [-0.1, -0.05) is 0 Å². The Morgan fingerprint density at radius 2 is 2.14 bits per heavy atom. The van der Waals surface area contributed by atoms with Crippen molar-refractivity contribution >= 4 is 11.7 Å². The molecule has 4 nitrogen and oxygen atoms in total. The molecule has 21 heavy (non-hydrogen) atoms. The fourth-order valence-corrected chi connectivity index (χ4v) is 2.03. The third kappa shape index (κ3) is 3.45. The number of halogens is 3. The van der Waals surface area contributed by atoms with E-state index in [0.717, 1.165) is 25.0 Å². The molecule has 0 radical (unpaired) electrons. The van der Waals surface area contributed by atoms with Gasteiger partial charge in [-0.3, -0.25) is 0 Å². The van der Waals surface area contributed by atoms with Crippen LogP contribution in [0.5, 0.6) is 0 Å². The first-order valence-electron chi connectivity index (χ1n) is 6.32. The fraction of sp³-hybridized carbons (Fsp3) is 0.429. The molecule has 1 aromatic rings. The maximum absolute atomic E-state index is 12.6. The second kappa shape index (κ2) is 5.64. The predicted molar refractivity (Wildman–Crippen MR) is 68.3 cm³/mol. The minimum atomic E-state index is -4.51. The number of benzene rings is 1. The van der Waals surface area contributed by atoms with Crippen molar-refractivity contribution in [2.75, 3.05) is 12.4 Å². The number of carbonyl (C=O) groups excluding carboxylic acids is 1. The van der Waals surface area contributed by atoms with Crippen molar-refractivity contribution in [3.63, 3.8) is 0 Å². The van der Waals surface area contributed by atoms with E-state index < -0.39 is 23.8 Å². The van der Waals surface area contributed by atoms with Crippen LogP contribution >= 0.6 is 0 Å². The number of ether oxygens (including phenoxy) is 1. The lowest BCUT2D eigenvalue weighted by molar-refractivity contribution is -0.142. The Bertz CT molecular complexity index is 589. The van der Waals surface area contributed by atoms with Gasteiger partial charge < -0.3 is 10.1 Å². The Morgan fingerprint density at radius 1 is 1.48 bits per heavy atom. The summed E-state index contributed by atoms with van der Waals surface area (Å²) >= 11 is 0. The zero-order chi connectivity index (χ0) is 15.6. The Balaban J connectivity index is 2.27. The number of hydrogen-bond donors (Lipinski definition) is 1. The topological polar surface area (TPSA) is 62.1 Å². The summed E-state index contributed by atoms with van der Waals surface area (Å²) in [6.07, 6.45) is -2.83. The largest absolute Gasteiger partial charge is 0.467 e. The molecule has 0 aliphatic heterocycles. The van der Waals surface area contributed by atoms with Gasteiger partial charge in [0, 0.05) is 0 Å². The monoisotopic (exact) mass is 298 g/mol. The van der Waals surface area contributed by atoms with Crippen molar-refractivity contribution in [1.82, 2.24) is 0 Å². The van der Waals surface area contributed by atoms with E-state index in [1.165, 1.54) is 13.2 Å². The Kier molecular flexibility index (Phi) is 4.07. The molecular weight excluding hydrogens is 285 g/mol. The first-order valence-corrected chi connectivity index (χ1v) is 6.32.